The first kappa shape index (κ1) is 13.5. The van der Waals surface area contributed by atoms with Gasteiger partial charge in [-0.05, 0) is 56.9 Å². The van der Waals surface area contributed by atoms with E-state index < -0.39 is 0 Å². The molecule has 0 aliphatic heterocycles. The molecule has 0 atom stereocenters. The van der Waals surface area contributed by atoms with Crippen molar-refractivity contribution >= 4 is 17.3 Å². The van der Waals surface area contributed by atoms with Gasteiger partial charge in [0.2, 0.25) is 0 Å². The van der Waals surface area contributed by atoms with Gasteiger partial charge in [0.1, 0.15) is 5.82 Å². The van der Waals surface area contributed by atoms with Crippen molar-refractivity contribution in [3.05, 3.63) is 46.5 Å². The van der Waals surface area contributed by atoms with Gasteiger partial charge in [-0.1, -0.05) is 11.6 Å². The van der Waals surface area contributed by atoms with E-state index in [2.05, 4.69) is 16.8 Å². The third-order valence-electron chi connectivity index (χ3n) is 3.93. The van der Waals surface area contributed by atoms with Gasteiger partial charge in [0.25, 0.3) is 0 Å². The van der Waals surface area contributed by atoms with Crippen molar-refractivity contribution in [3.8, 4) is 0 Å². The summed E-state index contributed by atoms with van der Waals surface area (Å²) in [5.74, 6) is 1.15. The highest BCUT2D eigenvalue weighted by molar-refractivity contribution is 6.30. The number of fused-ring (bicyclic) bond motifs is 1. The van der Waals surface area contributed by atoms with Crippen molar-refractivity contribution in [1.82, 2.24) is 9.55 Å². The van der Waals surface area contributed by atoms with Gasteiger partial charge in [-0.15, -0.1) is 0 Å². The number of hydrogen-bond acceptors (Lipinski definition) is 2. The smallest absolute Gasteiger partial charge is 0.106 e. The summed E-state index contributed by atoms with van der Waals surface area (Å²) in [6.07, 6.45) is 4.90. The lowest BCUT2D eigenvalue weighted by Gasteiger charge is -2.15. The van der Waals surface area contributed by atoms with Gasteiger partial charge in [0, 0.05) is 29.5 Å². The average Bonchev–Trinajstić information content (AvgIpc) is 2.77. The molecule has 106 valence electrons. The summed E-state index contributed by atoms with van der Waals surface area (Å²) in [5, 5.41) is 4.21. The van der Waals surface area contributed by atoms with Crippen molar-refractivity contribution < 1.29 is 0 Å². The van der Waals surface area contributed by atoms with Gasteiger partial charge < -0.3 is 9.88 Å². The van der Waals surface area contributed by atoms with E-state index in [0.29, 0.717) is 0 Å². The van der Waals surface area contributed by atoms with Crippen LogP contribution in [0.15, 0.2) is 24.3 Å². The van der Waals surface area contributed by atoms with Crippen LogP contribution in [0.4, 0.5) is 5.69 Å². The van der Waals surface area contributed by atoms with Gasteiger partial charge >= 0.3 is 0 Å². The lowest BCUT2D eigenvalue weighted by atomic mass is 10.0. The first-order valence-corrected chi connectivity index (χ1v) is 7.66. The molecule has 0 amide bonds. The zero-order valence-corrected chi connectivity index (χ0v) is 12.6. The van der Waals surface area contributed by atoms with Gasteiger partial charge in [-0.2, -0.15) is 0 Å². The van der Waals surface area contributed by atoms with Crippen LogP contribution in [-0.2, 0) is 19.4 Å². The molecule has 20 heavy (non-hydrogen) atoms. The summed E-state index contributed by atoms with van der Waals surface area (Å²) in [6.45, 7) is 3.99. The van der Waals surface area contributed by atoms with Gasteiger partial charge in [0.05, 0.1) is 5.69 Å². The second-order valence-corrected chi connectivity index (χ2v) is 5.78. The number of halogens is 1. The van der Waals surface area contributed by atoms with Crippen LogP contribution in [0.5, 0.6) is 0 Å². The largest absolute Gasteiger partial charge is 0.383 e. The Morgan fingerprint density at radius 2 is 1.95 bits per heavy atom. The second kappa shape index (κ2) is 5.88. The van der Waals surface area contributed by atoms with E-state index in [1.165, 1.54) is 30.7 Å². The molecule has 0 saturated heterocycles. The number of rotatable bonds is 4. The second-order valence-electron chi connectivity index (χ2n) is 5.34. The highest BCUT2D eigenvalue weighted by atomic mass is 35.5. The van der Waals surface area contributed by atoms with Crippen molar-refractivity contribution in [2.24, 2.45) is 0 Å². The van der Waals surface area contributed by atoms with Gasteiger partial charge in [0.15, 0.2) is 0 Å². The molecule has 1 aliphatic carbocycles. The Bertz CT molecular complexity index is 587. The molecule has 2 aromatic rings. The molecule has 3 rings (SSSR count). The van der Waals surface area contributed by atoms with Crippen molar-refractivity contribution in [2.45, 2.75) is 39.2 Å². The van der Waals surface area contributed by atoms with Gasteiger partial charge in [-0.25, -0.2) is 4.98 Å². The lowest BCUT2D eigenvalue weighted by Crippen LogP contribution is -2.15. The number of imidazole rings is 1. The summed E-state index contributed by atoms with van der Waals surface area (Å²) in [5.41, 5.74) is 3.88. The molecular weight excluding hydrogens is 270 g/mol. The number of hydrogen-bond donors (Lipinski definition) is 1. The number of benzene rings is 1. The van der Waals surface area contributed by atoms with Crippen LogP contribution in [0, 0.1) is 6.92 Å². The highest BCUT2D eigenvalue weighted by Gasteiger charge is 2.17. The molecule has 1 aromatic heterocycles. The summed E-state index contributed by atoms with van der Waals surface area (Å²) < 4.78 is 2.37. The Kier molecular flexibility index (Phi) is 3.97. The summed E-state index contributed by atoms with van der Waals surface area (Å²) in [4.78, 5) is 4.71. The minimum atomic E-state index is 0.773. The number of nitrogens with one attached hydrogen (secondary N) is 1. The van der Waals surface area contributed by atoms with Crippen LogP contribution >= 0.6 is 11.6 Å². The van der Waals surface area contributed by atoms with E-state index in [1.54, 1.807) is 0 Å². The Balaban J connectivity index is 1.64. The average molecular weight is 290 g/mol. The van der Waals surface area contributed by atoms with Crippen LogP contribution in [0.2, 0.25) is 5.02 Å². The highest BCUT2D eigenvalue weighted by Crippen LogP contribution is 2.22. The Morgan fingerprint density at radius 1 is 1.20 bits per heavy atom. The van der Waals surface area contributed by atoms with Crippen LogP contribution < -0.4 is 5.32 Å². The molecule has 0 saturated carbocycles. The number of aromatic nitrogens is 2. The van der Waals surface area contributed by atoms with Crippen molar-refractivity contribution in [1.29, 1.82) is 0 Å². The quantitative estimate of drug-likeness (QED) is 0.927. The Labute approximate surface area is 125 Å². The molecule has 0 fully saturated rings. The van der Waals surface area contributed by atoms with Gasteiger partial charge in [-0.3, -0.25) is 0 Å². The van der Waals surface area contributed by atoms with Crippen LogP contribution in [-0.4, -0.2) is 16.1 Å². The zero-order chi connectivity index (χ0) is 13.9. The van der Waals surface area contributed by atoms with E-state index in [1.807, 2.05) is 24.3 Å². The molecule has 1 heterocycles. The number of aryl methyl sites for hydroxylation is 2. The Hall–Kier alpha value is -1.48. The topological polar surface area (TPSA) is 29.9 Å². The third kappa shape index (κ3) is 2.83. The van der Waals surface area contributed by atoms with Crippen LogP contribution in [0.25, 0.3) is 0 Å². The van der Waals surface area contributed by atoms with E-state index in [9.17, 15) is 0 Å². The molecule has 3 nitrogen and oxygen atoms in total. The van der Waals surface area contributed by atoms with Crippen molar-refractivity contribution in [3.63, 3.8) is 0 Å². The summed E-state index contributed by atoms with van der Waals surface area (Å²) >= 11 is 5.89. The standard InChI is InChI=1S/C16H20ClN3/c1-12-19-15-4-2-3-5-16(15)20(12)11-10-18-14-8-6-13(17)7-9-14/h6-9,18H,2-5,10-11H2,1H3. The summed E-state index contributed by atoms with van der Waals surface area (Å²) in [7, 11) is 0. The minimum absolute atomic E-state index is 0.773. The van der Waals surface area contributed by atoms with Crippen LogP contribution in [0.1, 0.15) is 30.1 Å². The zero-order valence-electron chi connectivity index (χ0n) is 11.8. The van der Waals surface area contributed by atoms with E-state index >= 15 is 0 Å². The monoisotopic (exact) mass is 289 g/mol. The molecule has 0 bridgehead atoms. The van der Waals surface area contributed by atoms with Crippen LogP contribution in [0.3, 0.4) is 0 Å². The fourth-order valence-electron chi connectivity index (χ4n) is 2.91. The molecule has 0 radical (unpaired) electrons. The van der Waals surface area contributed by atoms with E-state index in [4.69, 9.17) is 16.6 Å². The van der Waals surface area contributed by atoms with E-state index in [-0.39, 0.29) is 0 Å². The predicted octanol–water partition coefficient (Wildman–Crippen LogP) is 3.84. The fraction of sp³-hybridized carbons (Fsp3) is 0.438. The lowest BCUT2D eigenvalue weighted by molar-refractivity contribution is 0.606. The maximum atomic E-state index is 5.89. The molecule has 0 spiro atoms. The maximum absolute atomic E-state index is 5.89. The minimum Gasteiger partial charge on any atom is -0.383 e. The number of anilines is 1. The van der Waals surface area contributed by atoms with E-state index in [0.717, 1.165) is 36.0 Å². The molecular formula is C16H20ClN3. The molecule has 1 aromatic carbocycles. The molecule has 1 N–H and O–H groups in total. The molecule has 0 unspecified atom stereocenters. The SMILES string of the molecule is Cc1nc2c(n1CCNc1ccc(Cl)cc1)CCCC2. The predicted molar refractivity (Wildman–Crippen MR) is 83.5 cm³/mol. The summed E-state index contributed by atoms with van der Waals surface area (Å²) in [6, 6.07) is 7.85. The van der Waals surface area contributed by atoms with Crippen molar-refractivity contribution in [2.75, 3.05) is 11.9 Å². The Morgan fingerprint density at radius 3 is 2.75 bits per heavy atom. The molecule has 4 heteroatoms. The fourth-order valence-corrected chi connectivity index (χ4v) is 3.04. The third-order valence-corrected chi connectivity index (χ3v) is 4.18. The maximum Gasteiger partial charge on any atom is 0.106 e. The first-order chi connectivity index (χ1) is 9.74. The first-order valence-electron chi connectivity index (χ1n) is 7.28. The normalized spacial score (nSPS) is 14.1. The number of nitrogens with zero attached hydrogens (tertiary/aromatic N) is 2. The molecule has 1 aliphatic rings.